The largest absolute Gasteiger partial charge is 0.478 e. The summed E-state index contributed by atoms with van der Waals surface area (Å²) in [6.07, 6.45) is 3.15. The molecule has 0 fully saturated rings. The second-order valence-electron chi connectivity index (χ2n) is 7.73. The van der Waals surface area contributed by atoms with Crippen molar-refractivity contribution in [2.45, 2.75) is 26.0 Å². The lowest BCUT2D eigenvalue weighted by Crippen LogP contribution is -2.49. The zero-order valence-electron chi connectivity index (χ0n) is 18.4. The van der Waals surface area contributed by atoms with E-state index < -0.39 is 6.10 Å². The fraction of sp³-hybridized carbons (Fsp3) is 0.200. The number of carbonyl (C=O) groups is 2. The van der Waals surface area contributed by atoms with Gasteiger partial charge in [0.1, 0.15) is 23.1 Å². The van der Waals surface area contributed by atoms with Gasteiger partial charge in [0.2, 0.25) is 5.91 Å². The van der Waals surface area contributed by atoms with Crippen LogP contribution in [0.2, 0.25) is 0 Å². The molecular formula is C25H22N4O4S. The molecule has 1 N–H and O–H groups in total. The highest BCUT2D eigenvalue weighted by molar-refractivity contribution is 7.13. The van der Waals surface area contributed by atoms with Gasteiger partial charge < -0.3 is 14.5 Å². The van der Waals surface area contributed by atoms with Crippen LogP contribution in [-0.4, -0.2) is 34.4 Å². The average Bonchev–Trinajstić information content (AvgIpc) is 3.57. The van der Waals surface area contributed by atoms with Gasteiger partial charge in [-0.25, -0.2) is 4.98 Å². The molecule has 34 heavy (non-hydrogen) atoms. The Bertz CT molecular complexity index is 1300. The number of fused-ring (bicyclic) bond motifs is 1. The number of benzene rings is 1. The maximum Gasteiger partial charge on any atom is 0.268 e. The van der Waals surface area contributed by atoms with E-state index in [9.17, 15) is 9.59 Å². The predicted molar refractivity (Wildman–Crippen MR) is 128 cm³/mol. The normalized spacial score (nSPS) is 15.0. The molecule has 4 aromatic rings. The van der Waals surface area contributed by atoms with E-state index in [1.54, 1.807) is 24.6 Å². The highest BCUT2D eigenvalue weighted by atomic mass is 32.1. The van der Waals surface area contributed by atoms with E-state index in [4.69, 9.17) is 14.1 Å². The number of rotatable bonds is 7. The van der Waals surface area contributed by atoms with Gasteiger partial charge in [-0.1, -0.05) is 13.0 Å². The highest BCUT2D eigenvalue weighted by Gasteiger charge is 2.34. The van der Waals surface area contributed by atoms with E-state index in [0.29, 0.717) is 23.6 Å². The van der Waals surface area contributed by atoms with Gasteiger partial charge in [-0.05, 0) is 48.9 Å². The molecule has 0 saturated heterocycles. The Morgan fingerprint density at radius 2 is 2.09 bits per heavy atom. The minimum absolute atomic E-state index is 0.119. The molecule has 9 heteroatoms. The van der Waals surface area contributed by atoms with Crippen molar-refractivity contribution in [2.75, 3.05) is 11.4 Å². The number of nitrogens with zero attached hydrogens (tertiary/aromatic N) is 3. The Labute approximate surface area is 200 Å². The van der Waals surface area contributed by atoms with E-state index in [-0.39, 0.29) is 24.9 Å². The van der Waals surface area contributed by atoms with Crippen LogP contribution in [0.5, 0.6) is 5.75 Å². The lowest BCUT2D eigenvalue weighted by atomic mass is 10.1. The Morgan fingerprint density at radius 3 is 2.85 bits per heavy atom. The van der Waals surface area contributed by atoms with Gasteiger partial charge in [0.15, 0.2) is 6.10 Å². The number of pyridine rings is 1. The van der Waals surface area contributed by atoms with Crippen LogP contribution in [0, 0.1) is 0 Å². The number of aromatic nitrogens is 2. The third-order valence-electron chi connectivity index (χ3n) is 5.46. The van der Waals surface area contributed by atoms with Gasteiger partial charge >= 0.3 is 0 Å². The third kappa shape index (κ3) is 4.42. The molecule has 8 nitrogen and oxygen atoms in total. The smallest absolute Gasteiger partial charge is 0.268 e. The second-order valence-corrected chi connectivity index (χ2v) is 8.59. The summed E-state index contributed by atoms with van der Waals surface area (Å²) in [4.78, 5) is 36.3. The summed E-state index contributed by atoms with van der Waals surface area (Å²) in [7, 11) is 0. The fourth-order valence-electron chi connectivity index (χ4n) is 3.72. The minimum Gasteiger partial charge on any atom is -0.478 e. The summed E-state index contributed by atoms with van der Waals surface area (Å²) < 4.78 is 11.2. The number of thiazole rings is 1. The van der Waals surface area contributed by atoms with Crippen LogP contribution in [0.4, 0.5) is 5.69 Å². The van der Waals surface area contributed by atoms with Crippen molar-refractivity contribution >= 4 is 28.8 Å². The Balaban J connectivity index is 1.41. The average molecular weight is 475 g/mol. The van der Waals surface area contributed by atoms with Gasteiger partial charge in [-0.15, -0.1) is 11.3 Å². The number of nitrogens with one attached hydrogen (secondary N) is 1. The van der Waals surface area contributed by atoms with E-state index in [2.05, 4.69) is 10.3 Å². The zero-order valence-corrected chi connectivity index (χ0v) is 19.2. The van der Waals surface area contributed by atoms with Gasteiger partial charge in [0.25, 0.3) is 5.91 Å². The molecule has 0 spiro atoms. The molecule has 1 atom stereocenters. The lowest BCUT2D eigenvalue weighted by molar-refractivity contribution is -0.129. The number of furan rings is 1. The van der Waals surface area contributed by atoms with Gasteiger partial charge in [-0.3, -0.25) is 19.5 Å². The molecule has 1 aromatic carbocycles. The molecule has 0 saturated carbocycles. The third-order valence-corrected chi connectivity index (χ3v) is 6.32. The lowest BCUT2D eigenvalue weighted by Gasteiger charge is -2.34. The summed E-state index contributed by atoms with van der Waals surface area (Å²) in [5.74, 6) is 0.675. The molecule has 2 amide bonds. The summed E-state index contributed by atoms with van der Waals surface area (Å²) in [6, 6.07) is 14.8. The second kappa shape index (κ2) is 9.48. The topological polar surface area (TPSA) is 97.6 Å². The highest BCUT2D eigenvalue weighted by Crippen LogP contribution is 2.38. The summed E-state index contributed by atoms with van der Waals surface area (Å²) in [5.41, 5.74) is 2.94. The van der Waals surface area contributed by atoms with Crippen molar-refractivity contribution in [3.05, 3.63) is 72.1 Å². The maximum absolute atomic E-state index is 13.1. The van der Waals surface area contributed by atoms with Crippen molar-refractivity contribution in [2.24, 2.45) is 0 Å². The van der Waals surface area contributed by atoms with Gasteiger partial charge in [0, 0.05) is 17.1 Å². The Morgan fingerprint density at radius 1 is 1.18 bits per heavy atom. The number of hydrogen-bond donors (Lipinski definition) is 1. The molecule has 0 bridgehead atoms. The quantitative estimate of drug-likeness (QED) is 0.429. The number of anilines is 1. The molecule has 0 aliphatic carbocycles. The first-order valence-electron chi connectivity index (χ1n) is 10.9. The number of hydrogen-bond acceptors (Lipinski definition) is 7. The van der Waals surface area contributed by atoms with Gasteiger partial charge in [-0.2, -0.15) is 0 Å². The first-order chi connectivity index (χ1) is 16.6. The molecular weight excluding hydrogens is 452 g/mol. The molecule has 172 valence electrons. The Hall–Kier alpha value is -3.98. The summed E-state index contributed by atoms with van der Waals surface area (Å²) in [5, 5.41) is 5.56. The molecule has 3 aromatic heterocycles. The number of ether oxygens (including phenoxy) is 1. The van der Waals surface area contributed by atoms with Gasteiger partial charge in [0.05, 0.1) is 29.9 Å². The van der Waals surface area contributed by atoms with E-state index in [0.717, 1.165) is 22.0 Å². The van der Waals surface area contributed by atoms with Crippen LogP contribution in [0.15, 0.2) is 70.8 Å². The van der Waals surface area contributed by atoms with Crippen molar-refractivity contribution in [3.8, 4) is 27.7 Å². The number of carbonyl (C=O) groups excluding carboxylic acids is 2. The minimum atomic E-state index is -0.633. The molecule has 4 heterocycles. The van der Waals surface area contributed by atoms with Crippen LogP contribution in [0.3, 0.4) is 0 Å². The fourth-order valence-corrected chi connectivity index (χ4v) is 4.52. The predicted octanol–water partition coefficient (Wildman–Crippen LogP) is 4.29. The van der Waals surface area contributed by atoms with Crippen molar-refractivity contribution in [1.29, 1.82) is 0 Å². The molecule has 5 rings (SSSR count). The Kier molecular flexibility index (Phi) is 6.09. The van der Waals surface area contributed by atoms with Crippen molar-refractivity contribution in [1.82, 2.24) is 15.3 Å². The first kappa shape index (κ1) is 21.8. The molecule has 1 aliphatic rings. The van der Waals surface area contributed by atoms with Crippen molar-refractivity contribution < 1.29 is 18.7 Å². The van der Waals surface area contributed by atoms with Crippen LogP contribution >= 0.6 is 11.3 Å². The summed E-state index contributed by atoms with van der Waals surface area (Å²) in [6.45, 7) is 2.02. The first-order valence-corrected chi connectivity index (χ1v) is 11.8. The monoisotopic (exact) mass is 474 g/mol. The number of amides is 2. The molecule has 1 unspecified atom stereocenters. The SMILES string of the molecule is CCC1Oc2ccc(-c3csc(-c4ccccn4)n3)cc2N(CC(=O)NCc2ccco2)C1=O. The standard InChI is InChI=1S/C25H22N4O4S/c1-2-21-25(31)29(14-23(30)27-13-17-6-5-11-32-17)20-12-16(8-9-22(20)33-21)19-15-34-24(28-19)18-7-3-4-10-26-18/h3-12,15,21H,2,13-14H2,1H3,(H,27,30). The van der Waals surface area contributed by atoms with Crippen LogP contribution in [0.1, 0.15) is 19.1 Å². The zero-order chi connectivity index (χ0) is 23.5. The van der Waals surface area contributed by atoms with Crippen LogP contribution in [-0.2, 0) is 16.1 Å². The van der Waals surface area contributed by atoms with Crippen LogP contribution in [0.25, 0.3) is 22.0 Å². The van der Waals surface area contributed by atoms with Crippen molar-refractivity contribution in [3.63, 3.8) is 0 Å². The van der Waals surface area contributed by atoms with E-state index in [1.165, 1.54) is 16.2 Å². The maximum atomic E-state index is 13.1. The van der Waals surface area contributed by atoms with E-state index in [1.807, 2.05) is 48.7 Å². The van der Waals surface area contributed by atoms with E-state index >= 15 is 0 Å². The molecule has 0 radical (unpaired) electrons. The summed E-state index contributed by atoms with van der Waals surface area (Å²) >= 11 is 1.50. The van der Waals surface area contributed by atoms with Crippen LogP contribution < -0.4 is 15.0 Å². The molecule has 1 aliphatic heterocycles.